The summed E-state index contributed by atoms with van der Waals surface area (Å²) in [5, 5.41) is 7.05. The van der Waals surface area contributed by atoms with Gasteiger partial charge in [0.05, 0.1) is 20.3 Å². The molecule has 0 saturated carbocycles. The molecule has 0 aliphatic carbocycles. The Morgan fingerprint density at radius 1 is 1.03 bits per heavy atom. The molecule has 0 saturated heterocycles. The Hall–Kier alpha value is -3.35. The van der Waals surface area contributed by atoms with Crippen LogP contribution >= 0.6 is 0 Å². The lowest BCUT2D eigenvalue weighted by atomic mass is 10.0. The summed E-state index contributed by atoms with van der Waals surface area (Å²) >= 11 is 0. The molecule has 2 aromatic carbocycles. The van der Waals surface area contributed by atoms with E-state index in [0.29, 0.717) is 18.1 Å². The number of carbonyl (C=O) groups is 1. The van der Waals surface area contributed by atoms with Crippen molar-refractivity contribution in [2.45, 2.75) is 32.2 Å². The Labute approximate surface area is 170 Å². The lowest BCUT2D eigenvalue weighted by Gasteiger charge is -2.17. The lowest BCUT2D eigenvalue weighted by Crippen LogP contribution is -2.28. The maximum atomic E-state index is 12.4. The van der Waals surface area contributed by atoms with Crippen LogP contribution in [0.1, 0.15) is 37.3 Å². The van der Waals surface area contributed by atoms with E-state index in [1.54, 1.807) is 14.2 Å². The summed E-state index contributed by atoms with van der Waals surface area (Å²) in [6.07, 6.45) is 1.45. The van der Waals surface area contributed by atoms with E-state index in [2.05, 4.69) is 15.5 Å². The fourth-order valence-electron chi connectivity index (χ4n) is 2.96. The Kier molecular flexibility index (Phi) is 6.84. The molecule has 1 amide bonds. The van der Waals surface area contributed by atoms with Crippen LogP contribution in [0.25, 0.3) is 11.4 Å². The van der Waals surface area contributed by atoms with Crippen LogP contribution in [0.5, 0.6) is 11.5 Å². The predicted molar refractivity (Wildman–Crippen MR) is 109 cm³/mol. The van der Waals surface area contributed by atoms with Crippen molar-refractivity contribution in [2.24, 2.45) is 0 Å². The van der Waals surface area contributed by atoms with Crippen LogP contribution in [0.2, 0.25) is 0 Å². The first-order chi connectivity index (χ1) is 14.1. The van der Waals surface area contributed by atoms with Crippen LogP contribution in [-0.4, -0.2) is 30.3 Å². The molecule has 1 aromatic heterocycles. The zero-order valence-electron chi connectivity index (χ0n) is 16.8. The zero-order valence-corrected chi connectivity index (χ0v) is 16.8. The van der Waals surface area contributed by atoms with Crippen LogP contribution < -0.4 is 14.8 Å². The van der Waals surface area contributed by atoms with E-state index < -0.39 is 0 Å². The average molecular weight is 395 g/mol. The van der Waals surface area contributed by atoms with Crippen molar-refractivity contribution in [2.75, 3.05) is 14.2 Å². The molecule has 1 atom stereocenters. The van der Waals surface area contributed by atoms with Crippen molar-refractivity contribution in [3.8, 4) is 22.9 Å². The van der Waals surface area contributed by atoms with Crippen LogP contribution in [0.3, 0.4) is 0 Å². The van der Waals surface area contributed by atoms with Gasteiger partial charge in [0.2, 0.25) is 17.6 Å². The molecule has 3 aromatic rings. The fraction of sp³-hybridized carbons (Fsp3) is 0.318. The molecule has 0 spiro atoms. The largest absolute Gasteiger partial charge is 0.497 e. The summed E-state index contributed by atoms with van der Waals surface area (Å²) in [5.41, 5.74) is 1.87. The van der Waals surface area contributed by atoms with Gasteiger partial charge in [0.25, 0.3) is 0 Å². The highest BCUT2D eigenvalue weighted by Crippen LogP contribution is 2.21. The number of nitrogens with zero attached hydrogens (tertiary/aromatic N) is 2. The molecule has 3 rings (SSSR count). The van der Waals surface area contributed by atoms with Gasteiger partial charge in [0.15, 0.2) is 0 Å². The maximum absolute atomic E-state index is 12.4. The van der Waals surface area contributed by atoms with Crippen molar-refractivity contribution in [3.63, 3.8) is 0 Å². The van der Waals surface area contributed by atoms with Gasteiger partial charge in [0.1, 0.15) is 11.5 Å². The van der Waals surface area contributed by atoms with Crippen molar-refractivity contribution >= 4 is 5.91 Å². The number of ether oxygens (including phenoxy) is 2. The summed E-state index contributed by atoms with van der Waals surface area (Å²) in [5.74, 6) is 2.42. The van der Waals surface area contributed by atoms with Crippen molar-refractivity contribution < 1.29 is 18.8 Å². The second-order valence-electron chi connectivity index (χ2n) is 6.54. The monoisotopic (exact) mass is 395 g/mol. The first kappa shape index (κ1) is 20.4. The minimum atomic E-state index is -0.0585. The summed E-state index contributed by atoms with van der Waals surface area (Å²) in [7, 11) is 3.25. The highest BCUT2D eigenvalue weighted by atomic mass is 16.5. The molecular weight excluding hydrogens is 370 g/mol. The average Bonchev–Trinajstić information content (AvgIpc) is 3.25. The Morgan fingerprint density at radius 2 is 1.66 bits per heavy atom. The van der Waals surface area contributed by atoms with E-state index in [-0.39, 0.29) is 18.4 Å². The third-order valence-corrected chi connectivity index (χ3v) is 4.64. The molecule has 29 heavy (non-hydrogen) atoms. The number of rotatable bonds is 9. The normalized spacial score (nSPS) is 11.7. The molecule has 0 aliphatic rings. The second-order valence-corrected chi connectivity index (χ2v) is 6.54. The fourth-order valence-corrected chi connectivity index (χ4v) is 2.96. The van der Waals surface area contributed by atoms with Gasteiger partial charge in [-0.15, -0.1) is 0 Å². The van der Waals surface area contributed by atoms with Crippen LogP contribution in [-0.2, 0) is 11.2 Å². The quantitative estimate of drug-likeness (QED) is 0.590. The first-order valence-electron chi connectivity index (χ1n) is 9.53. The lowest BCUT2D eigenvalue weighted by molar-refractivity contribution is -0.121. The number of nitrogens with one attached hydrogen (secondary N) is 1. The summed E-state index contributed by atoms with van der Waals surface area (Å²) in [4.78, 5) is 16.8. The van der Waals surface area contributed by atoms with Gasteiger partial charge in [-0.1, -0.05) is 24.2 Å². The molecule has 0 bridgehead atoms. The molecule has 0 unspecified atom stereocenters. The molecule has 1 heterocycles. The smallest absolute Gasteiger partial charge is 0.227 e. The van der Waals surface area contributed by atoms with Crippen LogP contribution in [0.4, 0.5) is 0 Å². The first-order valence-corrected chi connectivity index (χ1v) is 9.53. The van der Waals surface area contributed by atoms with Crippen LogP contribution in [0, 0.1) is 0 Å². The van der Waals surface area contributed by atoms with Gasteiger partial charge in [-0.3, -0.25) is 4.79 Å². The zero-order chi connectivity index (χ0) is 20.6. The molecule has 0 aliphatic heterocycles. The van der Waals surface area contributed by atoms with E-state index in [1.165, 1.54) is 0 Å². The molecule has 7 heteroatoms. The molecular formula is C22H25N3O4. The summed E-state index contributed by atoms with van der Waals surface area (Å²) < 4.78 is 15.6. The number of benzene rings is 2. The van der Waals surface area contributed by atoms with E-state index in [0.717, 1.165) is 29.0 Å². The number of aromatic nitrogens is 2. The van der Waals surface area contributed by atoms with Gasteiger partial charge in [0, 0.05) is 18.4 Å². The maximum Gasteiger partial charge on any atom is 0.227 e. The molecule has 0 fully saturated rings. The van der Waals surface area contributed by atoms with E-state index >= 15 is 0 Å². The minimum absolute atomic E-state index is 0.0500. The summed E-state index contributed by atoms with van der Waals surface area (Å²) in [6, 6.07) is 15.1. The Morgan fingerprint density at radius 3 is 2.24 bits per heavy atom. The number of hydrogen-bond donors (Lipinski definition) is 1. The van der Waals surface area contributed by atoms with Crippen molar-refractivity contribution in [1.29, 1.82) is 0 Å². The van der Waals surface area contributed by atoms with E-state index in [1.807, 2.05) is 55.5 Å². The number of carbonyl (C=O) groups excluding carboxylic acids is 1. The van der Waals surface area contributed by atoms with Gasteiger partial charge in [-0.25, -0.2) is 0 Å². The molecule has 7 nitrogen and oxygen atoms in total. The van der Waals surface area contributed by atoms with Crippen molar-refractivity contribution in [1.82, 2.24) is 15.5 Å². The Bertz CT molecular complexity index is 920. The minimum Gasteiger partial charge on any atom is -0.497 e. The number of amides is 1. The SMILES string of the molecule is CC[C@@H](NC(=O)CCc1nc(-c2ccc(OC)cc2)no1)c1ccc(OC)cc1. The van der Waals surface area contributed by atoms with Crippen LogP contribution in [0.15, 0.2) is 53.1 Å². The van der Waals surface area contributed by atoms with Gasteiger partial charge in [-0.2, -0.15) is 4.98 Å². The third-order valence-electron chi connectivity index (χ3n) is 4.64. The van der Waals surface area contributed by atoms with E-state index in [9.17, 15) is 4.79 Å². The van der Waals surface area contributed by atoms with Gasteiger partial charge in [-0.05, 0) is 48.4 Å². The van der Waals surface area contributed by atoms with Gasteiger partial charge >= 0.3 is 0 Å². The summed E-state index contributed by atoms with van der Waals surface area (Å²) in [6.45, 7) is 2.04. The highest BCUT2D eigenvalue weighted by Gasteiger charge is 2.15. The Balaban J connectivity index is 1.55. The standard InChI is InChI=1S/C22H25N3O4/c1-4-19(15-5-9-17(27-2)10-6-15)23-20(26)13-14-21-24-22(25-29-21)16-7-11-18(28-3)12-8-16/h5-12,19H,4,13-14H2,1-3H3,(H,23,26)/t19-/m1/s1. The molecule has 1 N–H and O–H groups in total. The number of methoxy groups -OCH3 is 2. The third kappa shape index (κ3) is 5.34. The number of hydrogen-bond acceptors (Lipinski definition) is 6. The molecule has 0 radical (unpaired) electrons. The topological polar surface area (TPSA) is 86.5 Å². The predicted octanol–water partition coefficient (Wildman–Crippen LogP) is 3.95. The van der Waals surface area contributed by atoms with E-state index in [4.69, 9.17) is 14.0 Å². The van der Waals surface area contributed by atoms with Gasteiger partial charge < -0.3 is 19.3 Å². The van der Waals surface area contributed by atoms with Crippen molar-refractivity contribution in [3.05, 3.63) is 60.0 Å². The number of aryl methyl sites for hydroxylation is 1. The molecule has 152 valence electrons. The second kappa shape index (κ2) is 9.73. The highest BCUT2D eigenvalue weighted by molar-refractivity contribution is 5.76.